The van der Waals surface area contributed by atoms with Crippen LogP contribution in [0.25, 0.3) is 11.0 Å². The molecule has 0 bridgehead atoms. The van der Waals surface area contributed by atoms with Crippen LogP contribution in [-0.2, 0) is 13.5 Å². The molecule has 0 radical (unpaired) electrons. The lowest BCUT2D eigenvalue weighted by Crippen LogP contribution is -2.31. The third-order valence-electron chi connectivity index (χ3n) is 4.05. The molecule has 2 heterocycles. The van der Waals surface area contributed by atoms with E-state index in [0.717, 1.165) is 30.8 Å². The first-order valence-electron chi connectivity index (χ1n) is 6.98. The van der Waals surface area contributed by atoms with Gasteiger partial charge in [-0.1, -0.05) is 0 Å². The van der Waals surface area contributed by atoms with E-state index in [9.17, 15) is 0 Å². The van der Waals surface area contributed by atoms with E-state index in [1.165, 1.54) is 24.2 Å². The molecule has 1 fully saturated rings. The summed E-state index contributed by atoms with van der Waals surface area (Å²) in [4.78, 5) is 4.77. The van der Waals surface area contributed by atoms with Gasteiger partial charge in [-0.2, -0.15) is 0 Å². The summed E-state index contributed by atoms with van der Waals surface area (Å²) in [6, 6.07) is 6.09. The molecule has 1 aromatic heterocycles. The van der Waals surface area contributed by atoms with Crippen molar-refractivity contribution in [3.05, 3.63) is 24.0 Å². The third-order valence-corrected chi connectivity index (χ3v) is 4.05. The van der Waals surface area contributed by atoms with E-state index >= 15 is 0 Å². The lowest BCUT2D eigenvalue weighted by molar-refractivity contribution is 0.368. The minimum absolute atomic E-state index is 0.714. The van der Waals surface area contributed by atoms with Gasteiger partial charge in [-0.25, -0.2) is 4.98 Å². The van der Waals surface area contributed by atoms with Crippen molar-refractivity contribution < 1.29 is 4.74 Å². The summed E-state index contributed by atoms with van der Waals surface area (Å²) in [5.41, 5.74) is 2.21. The summed E-state index contributed by atoms with van der Waals surface area (Å²) in [5.74, 6) is 2.76. The van der Waals surface area contributed by atoms with Crippen molar-refractivity contribution in [2.24, 2.45) is 13.0 Å². The SMILES string of the molecule is COc1ccc2c(c1)nc(CC1CCCNC1)n2C. The summed E-state index contributed by atoms with van der Waals surface area (Å²) >= 11 is 0. The van der Waals surface area contributed by atoms with Crippen molar-refractivity contribution in [2.45, 2.75) is 19.3 Å². The molecular weight excluding hydrogens is 238 g/mol. The van der Waals surface area contributed by atoms with Crippen molar-refractivity contribution in [1.29, 1.82) is 0 Å². The third kappa shape index (κ3) is 2.45. The average molecular weight is 259 g/mol. The molecule has 0 spiro atoms. The number of nitrogens with zero attached hydrogens (tertiary/aromatic N) is 2. The molecule has 1 aromatic carbocycles. The number of benzene rings is 1. The van der Waals surface area contributed by atoms with Crippen molar-refractivity contribution in [3.63, 3.8) is 0 Å². The van der Waals surface area contributed by atoms with Gasteiger partial charge in [-0.15, -0.1) is 0 Å². The van der Waals surface area contributed by atoms with Crippen LogP contribution in [0.4, 0.5) is 0 Å². The highest BCUT2D eigenvalue weighted by Crippen LogP contribution is 2.23. The van der Waals surface area contributed by atoms with E-state index in [2.05, 4.69) is 23.0 Å². The second kappa shape index (κ2) is 5.21. The van der Waals surface area contributed by atoms with Gasteiger partial charge in [0, 0.05) is 19.5 Å². The molecule has 1 aliphatic heterocycles. The van der Waals surface area contributed by atoms with Gasteiger partial charge in [0.1, 0.15) is 11.6 Å². The largest absolute Gasteiger partial charge is 0.497 e. The molecule has 3 rings (SSSR count). The van der Waals surface area contributed by atoms with Crippen molar-refractivity contribution in [2.75, 3.05) is 20.2 Å². The second-order valence-corrected chi connectivity index (χ2v) is 5.36. The van der Waals surface area contributed by atoms with E-state index in [4.69, 9.17) is 9.72 Å². The number of aryl methyl sites for hydroxylation is 1. The minimum Gasteiger partial charge on any atom is -0.497 e. The topological polar surface area (TPSA) is 39.1 Å². The smallest absolute Gasteiger partial charge is 0.121 e. The Balaban J connectivity index is 1.88. The molecule has 1 N–H and O–H groups in total. The Morgan fingerprint density at radius 1 is 1.47 bits per heavy atom. The molecular formula is C15H21N3O. The Kier molecular flexibility index (Phi) is 3.42. The minimum atomic E-state index is 0.714. The first-order chi connectivity index (χ1) is 9.28. The fourth-order valence-corrected chi connectivity index (χ4v) is 2.90. The number of ether oxygens (including phenoxy) is 1. The van der Waals surface area contributed by atoms with Gasteiger partial charge in [-0.05, 0) is 44.0 Å². The van der Waals surface area contributed by atoms with Crippen LogP contribution >= 0.6 is 0 Å². The summed E-state index contributed by atoms with van der Waals surface area (Å²) in [6.45, 7) is 2.28. The van der Waals surface area contributed by atoms with E-state index in [1.54, 1.807) is 7.11 Å². The van der Waals surface area contributed by atoms with Gasteiger partial charge in [0.25, 0.3) is 0 Å². The predicted octanol–water partition coefficient (Wildman–Crippen LogP) is 2.12. The highest BCUT2D eigenvalue weighted by molar-refractivity contribution is 5.77. The van der Waals surface area contributed by atoms with E-state index in [-0.39, 0.29) is 0 Å². The molecule has 4 heteroatoms. The second-order valence-electron chi connectivity index (χ2n) is 5.36. The molecule has 0 saturated carbocycles. The molecule has 0 amide bonds. The van der Waals surface area contributed by atoms with Gasteiger partial charge >= 0.3 is 0 Å². The number of methoxy groups -OCH3 is 1. The van der Waals surface area contributed by atoms with Crippen LogP contribution in [-0.4, -0.2) is 29.8 Å². The highest BCUT2D eigenvalue weighted by atomic mass is 16.5. The Morgan fingerprint density at radius 2 is 2.37 bits per heavy atom. The first-order valence-corrected chi connectivity index (χ1v) is 6.98. The maximum Gasteiger partial charge on any atom is 0.121 e. The Labute approximate surface area is 113 Å². The van der Waals surface area contributed by atoms with E-state index < -0.39 is 0 Å². The van der Waals surface area contributed by atoms with Gasteiger partial charge in [-0.3, -0.25) is 0 Å². The van der Waals surface area contributed by atoms with Gasteiger partial charge in [0.05, 0.1) is 18.1 Å². The Bertz CT molecular complexity index is 570. The van der Waals surface area contributed by atoms with Crippen molar-refractivity contribution in [3.8, 4) is 5.75 Å². The predicted molar refractivity (Wildman–Crippen MR) is 76.6 cm³/mol. The fourth-order valence-electron chi connectivity index (χ4n) is 2.90. The molecule has 4 nitrogen and oxygen atoms in total. The van der Waals surface area contributed by atoms with E-state index in [1.807, 2.05) is 12.1 Å². The Hall–Kier alpha value is -1.55. The summed E-state index contributed by atoms with van der Waals surface area (Å²) in [7, 11) is 3.80. The van der Waals surface area contributed by atoms with Crippen LogP contribution in [0, 0.1) is 5.92 Å². The van der Waals surface area contributed by atoms with Gasteiger partial charge in [0.2, 0.25) is 0 Å². The molecule has 102 valence electrons. The number of aromatic nitrogens is 2. The highest BCUT2D eigenvalue weighted by Gasteiger charge is 2.17. The zero-order valence-corrected chi connectivity index (χ0v) is 11.6. The van der Waals surface area contributed by atoms with Crippen LogP contribution in [0.5, 0.6) is 5.75 Å². The quantitative estimate of drug-likeness (QED) is 0.917. The zero-order valence-electron chi connectivity index (χ0n) is 11.6. The van der Waals surface area contributed by atoms with Gasteiger partial charge < -0.3 is 14.6 Å². The molecule has 1 saturated heterocycles. The first kappa shape index (κ1) is 12.5. The van der Waals surface area contributed by atoms with E-state index in [0.29, 0.717) is 5.92 Å². The number of hydrogen-bond donors (Lipinski definition) is 1. The molecule has 1 unspecified atom stereocenters. The zero-order chi connectivity index (χ0) is 13.2. The summed E-state index contributed by atoms with van der Waals surface area (Å²) < 4.78 is 7.47. The molecule has 0 aliphatic carbocycles. The molecule has 1 aliphatic rings. The number of fused-ring (bicyclic) bond motifs is 1. The maximum atomic E-state index is 5.26. The summed E-state index contributed by atoms with van der Waals surface area (Å²) in [5, 5.41) is 3.47. The summed E-state index contributed by atoms with van der Waals surface area (Å²) in [6.07, 6.45) is 3.64. The van der Waals surface area contributed by atoms with Crippen LogP contribution < -0.4 is 10.1 Å². The fraction of sp³-hybridized carbons (Fsp3) is 0.533. The van der Waals surface area contributed by atoms with Crippen molar-refractivity contribution in [1.82, 2.24) is 14.9 Å². The number of piperidine rings is 1. The standard InChI is InChI=1S/C15H21N3O/c1-18-14-6-5-12(19-2)9-13(14)17-15(18)8-11-4-3-7-16-10-11/h5-6,9,11,16H,3-4,7-8,10H2,1-2H3. The average Bonchev–Trinajstić information content (AvgIpc) is 2.76. The maximum absolute atomic E-state index is 5.26. The lowest BCUT2D eigenvalue weighted by atomic mass is 9.96. The number of nitrogens with one attached hydrogen (secondary N) is 1. The monoisotopic (exact) mass is 259 g/mol. The van der Waals surface area contributed by atoms with Gasteiger partial charge in [0.15, 0.2) is 0 Å². The van der Waals surface area contributed by atoms with Crippen LogP contribution in [0.3, 0.4) is 0 Å². The molecule has 2 aromatic rings. The Morgan fingerprint density at radius 3 is 3.11 bits per heavy atom. The normalized spacial score (nSPS) is 19.8. The molecule has 19 heavy (non-hydrogen) atoms. The van der Waals surface area contributed by atoms with Crippen LogP contribution in [0.2, 0.25) is 0 Å². The number of imidazole rings is 1. The van der Waals surface area contributed by atoms with Crippen molar-refractivity contribution >= 4 is 11.0 Å². The number of rotatable bonds is 3. The number of hydrogen-bond acceptors (Lipinski definition) is 3. The lowest BCUT2D eigenvalue weighted by Gasteiger charge is -2.22. The molecule has 1 atom stereocenters. The van der Waals surface area contributed by atoms with Crippen LogP contribution in [0.1, 0.15) is 18.7 Å². The van der Waals surface area contributed by atoms with Crippen LogP contribution in [0.15, 0.2) is 18.2 Å².